The molecule has 0 radical (unpaired) electrons. The lowest BCUT2D eigenvalue weighted by Crippen LogP contribution is -2.61. The van der Waals surface area contributed by atoms with Gasteiger partial charge in [0.25, 0.3) is 29.5 Å². The van der Waals surface area contributed by atoms with Crippen molar-refractivity contribution in [3.8, 4) is 17.2 Å². The monoisotopic (exact) mass is 1230 g/mol. The number of hydrogen-bond donors (Lipinski definition) is 10. The topological polar surface area (TPSA) is 410 Å². The summed E-state index contributed by atoms with van der Waals surface area (Å²) in [6.45, 7) is 5.19. The molecule has 474 valence electrons. The molecule has 32 nitrogen and oxygen atoms in total. The molecule has 2 aromatic carbocycles. The van der Waals surface area contributed by atoms with Crippen LogP contribution in [0.1, 0.15) is 77.0 Å². The van der Waals surface area contributed by atoms with Gasteiger partial charge in [0, 0.05) is 65.2 Å². The number of anilines is 3. The van der Waals surface area contributed by atoms with Gasteiger partial charge in [0.15, 0.2) is 29.5 Å². The molecule has 5 aromatic rings. The molecule has 3 aliphatic rings. The van der Waals surface area contributed by atoms with Crippen molar-refractivity contribution in [2.75, 3.05) is 89.3 Å². The molecule has 7 atom stereocenters. The summed E-state index contributed by atoms with van der Waals surface area (Å²) in [7, 11) is 8.59. The van der Waals surface area contributed by atoms with Crippen molar-refractivity contribution in [1.82, 2.24) is 44.6 Å². The molecule has 2 saturated heterocycles. The summed E-state index contributed by atoms with van der Waals surface area (Å²) in [5, 5.41) is 72.0. The van der Waals surface area contributed by atoms with Crippen molar-refractivity contribution in [3.05, 3.63) is 107 Å². The zero-order valence-electron chi connectivity index (χ0n) is 48.8. The smallest absolute Gasteiger partial charge is 0.416 e. The van der Waals surface area contributed by atoms with E-state index in [1.807, 2.05) is 19.0 Å². The lowest BCUT2D eigenvalue weighted by Gasteiger charge is -2.38. The number of benzene rings is 2. The van der Waals surface area contributed by atoms with Crippen LogP contribution in [-0.2, 0) is 51.1 Å². The van der Waals surface area contributed by atoms with Gasteiger partial charge >= 0.3 is 12.1 Å². The highest BCUT2D eigenvalue weighted by Gasteiger charge is 2.49. The van der Waals surface area contributed by atoms with Crippen molar-refractivity contribution in [1.29, 1.82) is 0 Å². The van der Waals surface area contributed by atoms with Crippen molar-refractivity contribution in [2.24, 2.45) is 20.0 Å². The lowest BCUT2D eigenvalue weighted by molar-refractivity contribution is -0.271. The van der Waals surface area contributed by atoms with Crippen LogP contribution >= 0.6 is 0 Å². The molecule has 0 spiro atoms. The normalized spacial score (nSPS) is 19.8. The number of nitrogens with one attached hydrogen (secondary N) is 4. The number of fused-ring (bicyclic) bond motifs is 2. The Hall–Kier alpha value is -8.99. The number of carboxylic acid groups (broad SMARTS) is 1. The number of nitrogens with zero attached hydrogens (tertiary/aromatic N) is 8. The number of carbonyl (C=O) groups excluding carboxylic acids is 6. The van der Waals surface area contributed by atoms with Gasteiger partial charge in [-0.2, -0.15) is 0 Å². The average molecular weight is 1230 g/mol. The highest BCUT2D eigenvalue weighted by molar-refractivity contribution is 6.08. The molecular weight excluding hydrogens is 1160 g/mol. The van der Waals surface area contributed by atoms with Gasteiger partial charge in [-0.25, -0.2) is 20.4 Å². The zero-order chi connectivity index (χ0) is 63.5. The summed E-state index contributed by atoms with van der Waals surface area (Å²) >= 11 is 0. The Morgan fingerprint density at radius 3 is 2.20 bits per heavy atom. The molecule has 1 unspecified atom stereocenters. The second-order valence-electron chi connectivity index (χ2n) is 21.1. The summed E-state index contributed by atoms with van der Waals surface area (Å²) in [6.07, 6.45) is -6.98. The SMILES string of the molecule is C=C1C[C@H]2C(O)N(C(=O)OCc3ccc(O[C@@H]4O[C@H](C(=O)O)[C@@H](O)[C@H](O)[C@H]4O)c(C(=O)NCCOCCON)c3)c3cc(OCCCn4cc(C(=O)Nc5cc(C(=O)Nc6cc(C(=O)NCCCN(C)C)n(C)c6)n(C)c5)nn4)c(OC)cc3C(=O)N2C1. The third-order valence-electron chi connectivity index (χ3n) is 14.3. The second-order valence-corrected chi connectivity index (χ2v) is 21.1. The van der Waals surface area contributed by atoms with Gasteiger partial charge in [0.05, 0.1) is 74.0 Å². The van der Waals surface area contributed by atoms with Crippen molar-refractivity contribution >= 4 is 58.7 Å². The number of aliphatic hydroxyl groups excluding tert-OH is 4. The number of nitrogens with two attached hydrogens (primary N) is 1. The van der Waals surface area contributed by atoms with Crippen LogP contribution < -0.4 is 46.3 Å². The van der Waals surface area contributed by atoms with Crippen LogP contribution in [0.4, 0.5) is 21.9 Å². The van der Waals surface area contributed by atoms with Crippen molar-refractivity contribution < 1.29 is 92.4 Å². The molecule has 0 bridgehead atoms. The summed E-state index contributed by atoms with van der Waals surface area (Å²) < 4.78 is 38.5. The molecule has 0 aliphatic carbocycles. The quantitative estimate of drug-likeness (QED) is 0.0184. The summed E-state index contributed by atoms with van der Waals surface area (Å²) in [4.78, 5) is 102. The van der Waals surface area contributed by atoms with Crippen LogP contribution in [-0.4, -0.2) is 218 Å². The Morgan fingerprint density at radius 2 is 1.51 bits per heavy atom. The third kappa shape index (κ3) is 15.4. The van der Waals surface area contributed by atoms with Crippen LogP contribution in [0.15, 0.2) is 73.2 Å². The Labute approximate surface area is 503 Å². The van der Waals surface area contributed by atoms with E-state index in [0.29, 0.717) is 29.2 Å². The molecule has 3 aromatic heterocycles. The minimum absolute atomic E-state index is 0.00411. The zero-order valence-corrected chi connectivity index (χ0v) is 48.8. The number of methoxy groups -OCH3 is 1. The molecule has 11 N–H and O–H groups in total. The molecule has 6 amide bonds. The molecule has 88 heavy (non-hydrogen) atoms. The van der Waals surface area contributed by atoms with Gasteiger partial charge in [0.2, 0.25) is 6.29 Å². The minimum Gasteiger partial charge on any atom is -0.493 e. The molecule has 32 heteroatoms. The highest BCUT2D eigenvalue weighted by atomic mass is 16.7. The third-order valence-corrected chi connectivity index (χ3v) is 14.3. The van der Waals surface area contributed by atoms with Gasteiger partial charge in [-0.05, 0) is 69.4 Å². The molecular formula is C56H71N13O19. The van der Waals surface area contributed by atoms with E-state index in [1.54, 1.807) is 37.1 Å². The number of carbonyl (C=O) groups is 7. The predicted molar refractivity (Wildman–Crippen MR) is 307 cm³/mol. The highest BCUT2D eigenvalue weighted by Crippen LogP contribution is 2.42. The fourth-order valence-electron chi connectivity index (χ4n) is 9.88. The first-order valence-electron chi connectivity index (χ1n) is 27.7. The van der Waals surface area contributed by atoms with E-state index >= 15 is 0 Å². The maximum absolute atomic E-state index is 14.4. The average Bonchev–Trinajstić information content (AvgIpc) is 2.22. The number of carboxylic acids is 1. The predicted octanol–water partition coefficient (Wildman–Crippen LogP) is -0.227. The Balaban J connectivity index is 0.919. The van der Waals surface area contributed by atoms with Gasteiger partial charge in [-0.15, -0.1) is 5.10 Å². The summed E-state index contributed by atoms with van der Waals surface area (Å²) in [6, 6.07) is 8.67. The van der Waals surface area contributed by atoms with Crippen LogP contribution in [0.25, 0.3) is 0 Å². The van der Waals surface area contributed by atoms with Crippen LogP contribution in [0.2, 0.25) is 0 Å². The van der Waals surface area contributed by atoms with Gasteiger partial charge in [-0.3, -0.25) is 28.7 Å². The fraction of sp³-hybridized carbons (Fsp3) is 0.446. The van der Waals surface area contributed by atoms with Crippen LogP contribution in [0, 0.1) is 0 Å². The fourth-order valence-corrected chi connectivity index (χ4v) is 9.88. The molecule has 8 rings (SSSR count). The molecule has 3 aliphatic heterocycles. The first-order chi connectivity index (χ1) is 42.1. The standard InChI is InChI=1S/C56H71N13O19/c1-30-19-40-53(78)69(56(81)85-29-31-9-10-41(35(20-31)48(73)59-12-16-83-17-18-86-57)87-55-46(72)44(70)45(71)47(88-55)54(79)80)37-24-43(42(82-6)23-34(37)52(77)68(40)25-30)84-15-8-14-67-28-36(62-63-67)49(74)60-32-22-39(66(5)26-32)51(76)61-33-21-38(65(4)27-33)50(75)58-11-7-13-64(2)3/h9-10,20-24,26-28,40,44-47,53,55,70-72,78H,1,7-8,11-19,25,29,57H2,2-6H3,(H,58,75)(H,59,73)(H,60,74)(H,61,76)(H,79,80)/t40-,44-,45-,46+,47-,53?,55+/m0/s1. The Morgan fingerprint density at radius 1 is 0.807 bits per heavy atom. The molecule has 2 fully saturated rings. The summed E-state index contributed by atoms with van der Waals surface area (Å²) in [5.74, 6) is 0.543. The number of aliphatic carboxylic acids is 1. The summed E-state index contributed by atoms with van der Waals surface area (Å²) in [5.41, 5.74) is 1.64. The number of amides is 6. The maximum Gasteiger partial charge on any atom is 0.416 e. The maximum atomic E-state index is 14.4. The minimum atomic E-state index is -2.02. The molecule has 6 heterocycles. The van der Waals surface area contributed by atoms with Crippen LogP contribution in [0.5, 0.6) is 17.2 Å². The van der Waals surface area contributed by atoms with E-state index in [-0.39, 0.29) is 116 Å². The number of rotatable bonds is 27. The number of ether oxygens (including phenoxy) is 6. The first kappa shape index (κ1) is 65.0. The van der Waals surface area contributed by atoms with E-state index in [9.17, 15) is 59.1 Å². The number of aromatic nitrogens is 5. The van der Waals surface area contributed by atoms with E-state index in [2.05, 4.69) is 43.0 Å². The first-order valence-corrected chi connectivity index (χ1v) is 27.7. The van der Waals surface area contributed by atoms with Crippen LogP contribution in [0.3, 0.4) is 0 Å². The number of aryl methyl sites for hydroxylation is 3. The number of aliphatic hydroxyl groups is 4. The van der Waals surface area contributed by atoms with Crippen molar-refractivity contribution in [3.63, 3.8) is 0 Å². The van der Waals surface area contributed by atoms with E-state index in [4.69, 9.17) is 34.3 Å². The Bertz CT molecular complexity index is 3380. The molecule has 0 saturated carbocycles. The van der Waals surface area contributed by atoms with E-state index in [1.165, 1.54) is 63.9 Å². The largest absolute Gasteiger partial charge is 0.493 e. The van der Waals surface area contributed by atoms with Gasteiger partial charge in [-0.1, -0.05) is 23.4 Å². The van der Waals surface area contributed by atoms with Gasteiger partial charge < -0.3 is 99.0 Å². The van der Waals surface area contributed by atoms with E-state index in [0.717, 1.165) is 17.9 Å². The van der Waals surface area contributed by atoms with Gasteiger partial charge in [0.1, 0.15) is 42.1 Å². The lowest BCUT2D eigenvalue weighted by atomic mass is 9.99. The number of hydrogen-bond acceptors (Lipinski definition) is 22. The Kier molecular flexibility index (Phi) is 21.5. The van der Waals surface area contributed by atoms with Crippen molar-refractivity contribution in [2.45, 2.75) is 75.4 Å². The second kappa shape index (κ2) is 29.1. The van der Waals surface area contributed by atoms with E-state index < -0.39 is 85.3 Å².